The summed E-state index contributed by atoms with van der Waals surface area (Å²) in [7, 11) is 0. The van der Waals surface area contributed by atoms with Gasteiger partial charge in [0.05, 0.1) is 12.4 Å². The van der Waals surface area contributed by atoms with Gasteiger partial charge in [-0.15, -0.1) is 0 Å². The lowest BCUT2D eigenvalue weighted by Gasteiger charge is -2.20. The molecule has 0 aromatic rings. The molecule has 0 N–H and O–H groups in total. The summed E-state index contributed by atoms with van der Waals surface area (Å²) in [5.74, 6) is 0. The number of rotatable bonds is 3. The van der Waals surface area contributed by atoms with Crippen LogP contribution in [0.2, 0.25) is 0 Å². The fourth-order valence-corrected chi connectivity index (χ4v) is 1.41. The Kier molecular flexibility index (Phi) is 3.81. The summed E-state index contributed by atoms with van der Waals surface area (Å²) in [6.45, 7) is 3.58. The second-order valence-corrected chi connectivity index (χ2v) is 2.96. The first-order valence-electron chi connectivity index (χ1n) is 4.36. The van der Waals surface area contributed by atoms with E-state index in [-0.39, 0.29) is 0 Å². The van der Waals surface area contributed by atoms with Crippen LogP contribution in [0.3, 0.4) is 0 Å². The summed E-state index contributed by atoms with van der Waals surface area (Å²) in [4.78, 5) is 0. The predicted octanol–water partition coefficient (Wildman–Crippen LogP) is 3.04. The molecule has 0 aromatic carbocycles. The van der Waals surface area contributed by atoms with Gasteiger partial charge in [0.2, 0.25) is 0 Å². The maximum atomic E-state index is 5.47. The molecule has 0 aliphatic heterocycles. The van der Waals surface area contributed by atoms with E-state index in [1.165, 1.54) is 32.1 Å². The van der Waals surface area contributed by atoms with Crippen molar-refractivity contribution in [1.29, 1.82) is 0 Å². The normalized spacial score (nSPS) is 20.4. The van der Waals surface area contributed by atoms with Gasteiger partial charge >= 0.3 is 0 Å². The molecule has 62 valence electrons. The van der Waals surface area contributed by atoms with E-state index >= 15 is 0 Å². The fraction of sp³-hybridized carbons (Fsp3) is 0.600. The molecule has 11 heavy (non-hydrogen) atoms. The van der Waals surface area contributed by atoms with Crippen molar-refractivity contribution >= 4 is 0 Å². The summed E-state index contributed by atoms with van der Waals surface area (Å²) in [6.07, 6.45) is 12.3. The molecule has 1 saturated carbocycles. The van der Waals surface area contributed by atoms with Crippen LogP contribution in [0, 0.1) is 0 Å². The third-order valence-corrected chi connectivity index (χ3v) is 2.04. The summed E-state index contributed by atoms with van der Waals surface area (Å²) in [5.41, 5.74) is 0. The Morgan fingerprint density at radius 3 is 2.55 bits per heavy atom. The van der Waals surface area contributed by atoms with Gasteiger partial charge in [0.15, 0.2) is 0 Å². The van der Waals surface area contributed by atoms with Crippen molar-refractivity contribution in [3.63, 3.8) is 0 Å². The van der Waals surface area contributed by atoms with Gasteiger partial charge in [0.1, 0.15) is 0 Å². The van der Waals surface area contributed by atoms with Gasteiger partial charge in [-0.25, -0.2) is 0 Å². The molecule has 0 amide bonds. The van der Waals surface area contributed by atoms with E-state index in [1.807, 2.05) is 6.08 Å². The SMILES string of the molecule is C=C/C=C/OC1CCCCC1. The minimum atomic E-state index is 0.472. The van der Waals surface area contributed by atoms with Gasteiger partial charge in [0.25, 0.3) is 0 Å². The van der Waals surface area contributed by atoms with E-state index in [9.17, 15) is 0 Å². The van der Waals surface area contributed by atoms with Crippen molar-refractivity contribution in [3.05, 3.63) is 25.0 Å². The fourth-order valence-electron chi connectivity index (χ4n) is 1.41. The Labute approximate surface area is 68.8 Å². The minimum Gasteiger partial charge on any atom is -0.498 e. The van der Waals surface area contributed by atoms with Crippen LogP contribution in [0.5, 0.6) is 0 Å². The van der Waals surface area contributed by atoms with Gasteiger partial charge in [0, 0.05) is 0 Å². The van der Waals surface area contributed by atoms with Crippen LogP contribution in [-0.2, 0) is 4.74 Å². The summed E-state index contributed by atoms with van der Waals surface area (Å²) in [5, 5.41) is 0. The van der Waals surface area contributed by atoms with Crippen molar-refractivity contribution < 1.29 is 4.74 Å². The lowest BCUT2D eigenvalue weighted by Crippen LogP contribution is -2.13. The first kappa shape index (κ1) is 8.38. The standard InChI is InChI=1S/C10H16O/c1-2-3-9-11-10-7-5-4-6-8-10/h2-3,9-10H,1,4-8H2/b9-3+. The molecule has 0 atom stereocenters. The molecule has 0 saturated heterocycles. The highest BCUT2D eigenvalue weighted by Gasteiger charge is 2.11. The minimum absolute atomic E-state index is 0.472. The molecule has 0 spiro atoms. The molecule has 0 bridgehead atoms. The second-order valence-electron chi connectivity index (χ2n) is 2.96. The topological polar surface area (TPSA) is 9.23 Å². The maximum Gasteiger partial charge on any atom is 0.0978 e. The largest absolute Gasteiger partial charge is 0.498 e. The predicted molar refractivity (Wildman–Crippen MR) is 47.3 cm³/mol. The van der Waals surface area contributed by atoms with E-state index in [4.69, 9.17) is 4.74 Å². The summed E-state index contributed by atoms with van der Waals surface area (Å²) < 4.78 is 5.47. The van der Waals surface area contributed by atoms with Crippen LogP contribution in [0.25, 0.3) is 0 Å². The Balaban J connectivity index is 2.14. The van der Waals surface area contributed by atoms with Crippen molar-refractivity contribution in [1.82, 2.24) is 0 Å². The molecular formula is C10H16O. The smallest absolute Gasteiger partial charge is 0.0978 e. The van der Waals surface area contributed by atoms with Crippen LogP contribution in [0.15, 0.2) is 25.0 Å². The Hall–Kier alpha value is -0.720. The number of ether oxygens (including phenoxy) is 1. The first-order chi connectivity index (χ1) is 5.43. The third kappa shape index (κ3) is 3.26. The molecule has 1 aliphatic rings. The van der Waals surface area contributed by atoms with Crippen molar-refractivity contribution in [3.8, 4) is 0 Å². The second kappa shape index (κ2) is 5.00. The van der Waals surface area contributed by atoms with E-state index < -0.39 is 0 Å². The van der Waals surface area contributed by atoms with Crippen LogP contribution in [-0.4, -0.2) is 6.10 Å². The van der Waals surface area contributed by atoms with Crippen molar-refractivity contribution in [2.45, 2.75) is 38.2 Å². The molecule has 0 unspecified atom stereocenters. The van der Waals surface area contributed by atoms with Crippen LogP contribution in [0.1, 0.15) is 32.1 Å². The molecule has 0 heterocycles. The quantitative estimate of drug-likeness (QED) is 0.446. The average Bonchev–Trinajstić information content (AvgIpc) is 2.07. The molecule has 0 aromatic heterocycles. The van der Waals surface area contributed by atoms with Crippen molar-refractivity contribution in [2.24, 2.45) is 0 Å². The summed E-state index contributed by atoms with van der Waals surface area (Å²) in [6, 6.07) is 0. The van der Waals surface area contributed by atoms with Gasteiger partial charge in [-0.1, -0.05) is 19.1 Å². The first-order valence-corrected chi connectivity index (χ1v) is 4.36. The van der Waals surface area contributed by atoms with E-state index in [0.29, 0.717) is 6.10 Å². The highest BCUT2D eigenvalue weighted by molar-refractivity contribution is 4.93. The highest BCUT2D eigenvalue weighted by Crippen LogP contribution is 2.20. The van der Waals surface area contributed by atoms with E-state index in [2.05, 4.69) is 6.58 Å². The zero-order chi connectivity index (χ0) is 7.94. The lowest BCUT2D eigenvalue weighted by atomic mass is 9.98. The molecule has 1 rings (SSSR count). The lowest BCUT2D eigenvalue weighted by molar-refractivity contribution is 0.106. The van der Waals surface area contributed by atoms with Crippen LogP contribution < -0.4 is 0 Å². The van der Waals surface area contributed by atoms with Gasteiger partial charge in [-0.2, -0.15) is 0 Å². The van der Waals surface area contributed by atoms with Gasteiger partial charge in [-0.3, -0.25) is 0 Å². The summed E-state index contributed by atoms with van der Waals surface area (Å²) >= 11 is 0. The molecule has 0 radical (unpaired) electrons. The van der Waals surface area contributed by atoms with Crippen molar-refractivity contribution in [2.75, 3.05) is 0 Å². The third-order valence-electron chi connectivity index (χ3n) is 2.04. The average molecular weight is 152 g/mol. The monoisotopic (exact) mass is 152 g/mol. The van der Waals surface area contributed by atoms with E-state index in [1.54, 1.807) is 12.3 Å². The zero-order valence-electron chi connectivity index (χ0n) is 6.96. The number of allylic oxidation sites excluding steroid dienone is 2. The molecule has 1 nitrogen and oxygen atoms in total. The molecule has 1 aliphatic carbocycles. The molecule has 1 heteroatoms. The molecular weight excluding hydrogens is 136 g/mol. The Morgan fingerprint density at radius 1 is 1.18 bits per heavy atom. The Bertz CT molecular complexity index is 132. The van der Waals surface area contributed by atoms with Crippen LogP contribution >= 0.6 is 0 Å². The van der Waals surface area contributed by atoms with Crippen LogP contribution in [0.4, 0.5) is 0 Å². The Morgan fingerprint density at radius 2 is 1.91 bits per heavy atom. The highest BCUT2D eigenvalue weighted by atomic mass is 16.5. The maximum absolute atomic E-state index is 5.47. The number of hydrogen-bond donors (Lipinski definition) is 0. The van der Waals surface area contributed by atoms with E-state index in [0.717, 1.165) is 0 Å². The van der Waals surface area contributed by atoms with Gasteiger partial charge < -0.3 is 4.74 Å². The zero-order valence-corrected chi connectivity index (χ0v) is 6.96. The van der Waals surface area contributed by atoms with Gasteiger partial charge in [-0.05, 0) is 31.8 Å². The molecule has 1 fully saturated rings. The number of hydrogen-bond acceptors (Lipinski definition) is 1.